The molecule has 8 nitrogen and oxygen atoms in total. The monoisotopic (exact) mass is 482 g/mol. The Balaban J connectivity index is 1.45. The van der Waals surface area contributed by atoms with Crippen LogP contribution < -0.4 is 23.8 Å². The summed E-state index contributed by atoms with van der Waals surface area (Å²) in [5, 5.41) is 2.77. The van der Waals surface area contributed by atoms with Crippen molar-refractivity contribution < 1.29 is 27.4 Å². The topological polar surface area (TPSA) is 94.2 Å². The van der Waals surface area contributed by atoms with Gasteiger partial charge in [-0.2, -0.15) is 0 Å². The molecular weight excluding hydrogens is 456 g/mol. The van der Waals surface area contributed by atoms with Crippen LogP contribution in [0.15, 0.2) is 77.7 Å². The summed E-state index contributed by atoms with van der Waals surface area (Å²) in [6.07, 6.45) is -1.01. The van der Waals surface area contributed by atoms with Gasteiger partial charge in [0, 0.05) is 0 Å². The van der Waals surface area contributed by atoms with Gasteiger partial charge in [0.05, 0.1) is 30.8 Å². The van der Waals surface area contributed by atoms with Gasteiger partial charge in [0.15, 0.2) is 6.10 Å². The average molecular weight is 483 g/mol. The number of amides is 1. The van der Waals surface area contributed by atoms with Crippen molar-refractivity contribution in [2.75, 3.05) is 31.1 Å². The van der Waals surface area contributed by atoms with Crippen LogP contribution in [0.3, 0.4) is 0 Å². The Bertz CT molecular complexity index is 1250. The van der Waals surface area contributed by atoms with Gasteiger partial charge < -0.3 is 19.5 Å². The molecule has 0 unspecified atom stereocenters. The van der Waals surface area contributed by atoms with E-state index in [9.17, 15) is 13.2 Å². The van der Waals surface area contributed by atoms with Crippen molar-refractivity contribution in [2.45, 2.75) is 17.9 Å². The fourth-order valence-electron chi connectivity index (χ4n) is 3.57. The normalized spacial score (nSPS) is 15.1. The fourth-order valence-corrected chi connectivity index (χ4v) is 5.07. The van der Waals surface area contributed by atoms with Gasteiger partial charge in [-0.3, -0.25) is 9.10 Å². The molecule has 1 heterocycles. The number of sulfonamides is 1. The molecule has 1 N–H and O–H groups in total. The van der Waals surface area contributed by atoms with E-state index in [1.807, 2.05) is 13.0 Å². The molecule has 0 bridgehead atoms. The number of carbonyl (C=O) groups is 1. The summed E-state index contributed by atoms with van der Waals surface area (Å²) < 4.78 is 44.6. The van der Waals surface area contributed by atoms with Crippen molar-refractivity contribution in [1.29, 1.82) is 0 Å². The van der Waals surface area contributed by atoms with Crippen LogP contribution in [-0.2, 0) is 14.8 Å². The number of rotatable bonds is 8. The molecule has 3 aromatic carbocycles. The summed E-state index contributed by atoms with van der Waals surface area (Å²) in [6, 6.07) is 20.5. The number of fused-ring (bicyclic) bond motifs is 1. The highest BCUT2D eigenvalue weighted by atomic mass is 32.2. The Morgan fingerprint density at radius 2 is 1.76 bits per heavy atom. The SMILES string of the molecule is COc1ccc(OCCNC(=O)[C@H]2CN(S(=O)(=O)c3ccccc3)c3ccc(C)cc3O2)cc1. The molecule has 178 valence electrons. The number of hydrogen-bond donors (Lipinski definition) is 1. The molecule has 0 saturated heterocycles. The van der Waals surface area contributed by atoms with Gasteiger partial charge in [-0.25, -0.2) is 8.42 Å². The quantitative estimate of drug-likeness (QED) is 0.496. The third-order valence-electron chi connectivity index (χ3n) is 5.34. The van der Waals surface area contributed by atoms with Gasteiger partial charge >= 0.3 is 0 Å². The summed E-state index contributed by atoms with van der Waals surface area (Å²) >= 11 is 0. The van der Waals surface area contributed by atoms with Crippen LogP contribution >= 0.6 is 0 Å². The minimum Gasteiger partial charge on any atom is -0.497 e. The maximum absolute atomic E-state index is 13.4. The van der Waals surface area contributed by atoms with Crippen molar-refractivity contribution in [3.63, 3.8) is 0 Å². The van der Waals surface area contributed by atoms with Crippen molar-refractivity contribution in [1.82, 2.24) is 5.32 Å². The number of carbonyl (C=O) groups excluding carboxylic acids is 1. The van der Waals surface area contributed by atoms with E-state index in [2.05, 4.69) is 5.32 Å². The zero-order valence-corrected chi connectivity index (χ0v) is 19.7. The van der Waals surface area contributed by atoms with Crippen molar-refractivity contribution in [2.24, 2.45) is 0 Å². The number of benzene rings is 3. The molecule has 9 heteroatoms. The Kier molecular flexibility index (Phi) is 6.93. The second-order valence-electron chi connectivity index (χ2n) is 7.74. The first kappa shape index (κ1) is 23.4. The Hall–Kier alpha value is -3.72. The predicted molar refractivity (Wildman–Crippen MR) is 128 cm³/mol. The molecule has 1 aliphatic rings. The molecule has 0 aromatic heterocycles. The summed E-state index contributed by atoms with van der Waals surface area (Å²) in [6.45, 7) is 2.21. The lowest BCUT2D eigenvalue weighted by atomic mass is 10.1. The average Bonchev–Trinajstić information content (AvgIpc) is 2.86. The second-order valence-corrected chi connectivity index (χ2v) is 9.60. The zero-order valence-electron chi connectivity index (χ0n) is 18.9. The van der Waals surface area contributed by atoms with Crippen LogP contribution in [0.25, 0.3) is 0 Å². The van der Waals surface area contributed by atoms with Crippen molar-refractivity contribution in [3.8, 4) is 17.2 Å². The Morgan fingerprint density at radius 3 is 2.47 bits per heavy atom. The molecule has 0 fully saturated rings. The molecular formula is C25H26N2O6S. The summed E-state index contributed by atoms with van der Waals surface area (Å²) in [5.74, 6) is 1.30. The van der Waals surface area contributed by atoms with Gasteiger partial charge in [0.2, 0.25) is 0 Å². The van der Waals surface area contributed by atoms with Crippen LogP contribution in [0.5, 0.6) is 17.2 Å². The lowest BCUT2D eigenvalue weighted by molar-refractivity contribution is -0.127. The number of hydrogen-bond acceptors (Lipinski definition) is 6. The van der Waals surface area contributed by atoms with E-state index in [1.54, 1.807) is 61.7 Å². The van der Waals surface area contributed by atoms with Gasteiger partial charge in [-0.15, -0.1) is 0 Å². The van der Waals surface area contributed by atoms with Gasteiger partial charge in [0.25, 0.3) is 15.9 Å². The molecule has 0 radical (unpaired) electrons. The van der Waals surface area contributed by atoms with Crippen LogP contribution in [-0.4, -0.2) is 47.2 Å². The zero-order chi connectivity index (χ0) is 24.1. The van der Waals surface area contributed by atoms with Crippen LogP contribution in [0, 0.1) is 6.92 Å². The molecule has 4 rings (SSSR count). The van der Waals surface area contributed by atoms with E-state index in [0.29, 0.717) is 17.2 Å². The van der Waals surface area contributed by atoms with E-state index in [-0.39, 0.29) is 24.6 Å². The van der Waals surface area contributed by atoms with Gasteiger partial charge in [0.1, 0.15) is 23.9 Å². The van der Waals surface area contributed by atoms with E-state index >= 15 is 0 Å². The summed E-state index contributed by atoms with van der Waals surface area (Å²) in [5.41, 5.74) is 1.30. The van der Waals surface area contributed by atoms with Crippen LogP contribution in [0.2, 0.25) is 0 Å². The van der Waals surface area contributed by atoms with Gasteiger partial charge in [-0.1, -0.05) is 24.3 Å². The lowest BCUT2D eigenvalue weighted by Gasteiger charge is -2.35. The third-order valence-corrected chi connectivity index (χ3v) is 7.13. The molecule has 0 spiro atoms. The molecule has 1 atom stereocenters. The van der Waals surface area contributed by atoms with Crippen LogP contribution in [0.4, 0.5) is 5.69 Å². The number of ether oxygens (including phenoxy) is 3. The largest absolute Gasteiger partial charge is 0.497 e. The number of nitrogens with zero attached hydrogens (tertiary/aromatic N) is 1. The van der Waals surface area contributed by atoms with Crippen molar-refractivity contribution >= 4 is 21.6 Å². The highest BCUT2D eigenvalue weighted by Crippen LogP contribution is 2.37. The van der Waals surface area contributed by atoms with Crippen molar-refractivity contribution in [3.05, 3.63) is 78.4 Å². The molecule has 0 saturated carbocycles. The summed E-state index contributed by atoms with van der Waals surface area (Å²) in [7, 11) is -2.30. The standard InChI is InChI=1S/C25H26N2O6S/c1-18-8-13-22-23(16-18)33-24(17-27(22)34(29,30)21-6-4-3-5-7-21)25(28)26-14-15-32-20-11-9-19(31-2)10-12-20/h3-13,16,24H,14-15,17H2,1-2H3,(H,26,28)/t24-/m1/s1. The summed E-state index contributed by atoms with van der Waals surface area (Å²) in [4.78, 5) is 13.0. The van der Waals surface area contributed by atoms with E-state index in [4.69, 9.17) is 14.2 Å². The van der Waals surface area contributed by atoms with E-state index in [0.717, 1.165) is 11.3 Å². The van der Waals surface area contributed by atoms with Gasteiger partial charge in [-0.05, 0) is 61.0 Å². The smallest absolute Gasteiger partial charge is 0.264 e. The highest BCUT2D eigenvalue weighted by Gasteiger charge is 2.37. The molecule has 34 heavy (non-hydrogen) atoms. The predicted octanol–water partition coefficient (Wildman–Crippen LogP) is 3.16. The van der Waals surface area contributed by atoms with Crippen LogP contribution in [0.1, 0.15) is 5.56 Å². The molecule has 3 aromatic rings. The lowest BCUT2D eigenvalue weighted by Crippen LogP contribution is -2.51. The molecule has 1 amide bonds. The fraction of sp³-hybridized carbons (Fsp3) is 0.240. The van der Waals surface area contributed by atoms with E-state index in [1.165, 1.54) is 16.4 Å². The number of anilines is 1. The minimum atomic E-state index is -3.88. The first-order valence-corrected chi connectivity index (χ1v) is 12.2. The van der Waals surface area contributed by atoms with E-state index < -0.39 is 22.0 Å². The first-order chi connectivity index (χ1) is 16.4. The minimum absolute atomic E-state index is 0.140. The number of aryl methyl sites for hydroxylation is 1. The molecule has 1 aliphatic heterocycles. The second kappa shape index (κ2) is 10.0. The molecule has 0 aliphatic carbocycles. The maximum Gasteiger partial charge on any atom is 0.264 e. The number of nitrogens with one attached hydrogen (secondary N) is 1. The Labute approximate surface area is 199 Å². The number of methoxy groups -OCH3 is 1. The Morgan fingerprint density at radius 1 is 1.06 bits per heavy atom. The maximum atomic E-state index is 13.4. The highest BCUT2D eigenvalue weighted by molar-refractivity contribution is 7.92. The third kappa shape index (κ3) is 5.09. The first-order valence-electron chi connectivity index (χ1n) is 10.8.